The highest BCUT2D eigenvalue weighted by Crippen LogP contribution is 2.32. The van der Waals surface area contributed by atoms with Gasteiger partial charge in [-0.2, -0.15) is 0 Å². The van der Waals surface area contributed by atoms with E-state index >= 15 is 0 Å². The lowest BCUT2D eigenvalue weighted by Crippen LogP contribution is -2.43. The summed E-state index contributed by atoms with van der Waals surface area (Å²) in [6, 6.07) is 17.2. The number of esters is 1. The van der Waals surface area contributed by atoms with E-state index in [1.165, 1.54) is 40.7 Å². The van der Waals surface area contributed by atoms with Crippen molar-refractivity contribution in [2.24, 2.45) is 0 Å². The maximum Gasteiger partial charge on any atom is 0.338 e. The van der Waals surface area contributed by atoms with Gasteiger partial charge in [-0.15, -0.1) is 0 Å². The van der Waals surface area contributed by atoms with E-state index in [-0.39, 0.29) is 16.0 Å². The van der Waals surface area contributed by atoms with Crippen molar-refractivity contribution in [3.63, 3.8) is 0 Å². The van der Waals surface area contributed by atoms with Crippen LogP contribution < -0.4 is 15.2 Å². The van der Waals surface area contributed by atoms with Crippen LogP contribution in [0.2, 0.25) is 0 Å². The Bertz CT molecular complexity index is 1390. The monoisotopic (exact) mass is 497 g/mol. The number of sulfonamides is 1. The molecular weight excluding hydrogens is 477 g/mol. The third kappa shape index (κ3) is 5.30. The van der Waals surface area contributed by atoms with Gasteiger partial charge < -0.3 is 4.74 Å². The molecule has 4 rings (SSSR count). The minimum Gasteiger partial charge on any atom is -0.452 e. The molecule has 0 aromatic heterocycles. The Labute approximate surface area is 200 Å². The van der Waals surface area contributed by atoms with Crippen LogP contribution >= 0.6 is 0 Å². The minimum atomic E-state index is -3.91. The first kappa shape index (κ1) is 23.9. The fourth-order valence-electron chi connectivity index (χ4n) is 3.52. The van der Waals surface area contributed by atoms with Gasteiger partial charge in [-0.25, -0.2) is 17.6 Å². The molecule has 3 aromatic carbocycles. The molecule has 2 amide bonds. The van der Waals surface area contributed by atoms with Crippen molar-refractivity contribution in [1.29, 1.82) is 0 Å². The Balaban J connectivity index is 1.35. The fourth-order valence-corrected chi connectivity index (χ4v) is 5.07. The number of halogens is 1. The normalized spacial score (nSPS) is 12.5. The predicted molar refractivity (Wildman–Crippen MR) is 123 cm³/mol. The lowest BCUT2D eigenvalue weighted by atomic mass is 10.2. The molecule has 180 valence electrons. The van der Waals surface area contributed by atoms with Crippen LogP contribution in [-0.2, 0) is 26.0 Å². The lowest BCUT2D eigenvalue weighted by molar-refractivity contribution is -0.125. The zero-order valence-corrected chi connectivity index (χ0v) is 19.0. The SMILES string of the molecule is O=C(COC(=O)c1cccc(S(=O)(=O)N2CCc3ccccc32)c1)NNC(=O)c1ccc(F)cc1. The number of carbonyl (C=O) groups is 3. The molecule has 0 saturated heterocycles. The van der Waals surface area contributed by atoms with Crippen LogP contribution in [0.15, 0.2) is 77.7 Å². The highest BCUT2D eigenvalue weighted by Gasteiger charge is 2.31. The molecule has 0 unspecified atom stereocenters. The van der Waals surface area contributed by atoms with Gasteiger partial charge in [-0.05, 0) is 60.5 Å². The molecule has 11 heteroatoms. The Morgan fingerprint density at radius 2 is 1.66 bits per heavy atom. The van der Waals surface area contributed by atoms with Gasteiger partial charge in [0.1, 0.15) is 5.82 Å². The molecule has 1 aliphatic rings. The quantitative estimate of drug-likeness (QED) is 0.398. The number of anilines is 1. The van der Waals surface area contributed by atoms with Crippen molar-refractivity contribution in [1.82, 2.24) is 10.9 Å². The standard InChI is InChI=1S/C24H20FN3O6S/c25-19-10-8-17(9-11-19)23(30)27-26-22(29)15-34-24(31)18-5-3-6-20(14-18)35(32,33)28-13-12-16-4-1-2-7-21(16)28/h1-11,14H,12-13,15H2,(H,26,29)(H,27,30). The van der Waals surface area contributed by atoms with E-state index in [1.807, 2.05) is 12.1 Å². The van der Waals surface area contributed by atoms with Crippen LogP contribution in [0.5, 0.6) is 0 Å². The van der Waals surface area contributed by atoms with Gasteiger partial charge in [0, 0.05) is 12.1 Å². The van der Waals surface area contributed by atoms with Crippen LogP contribution in [0, 0.1) is 5.82 Å². The van der Waals surface area contributed by atoms with E-state index in [9.17, 15) is 27.2 Å². The van der Waals surface area contributed by atoms with E-state index < -0.39 is 40.2 Å². The number of nitrogens with one attached hydrogen (secondary N) is 2. The first-order chi connectivity index (χ1) is 16.8. The van der Waals surface area contributed by atoms with Crippen LogP contribution in [0.1, 0.15) is 26.3 Å². The van der Waals surface area contributed by atoms with Crippen molar-refractivity contribution in [3.8, 4) is 0 Å². The van der Waals surface area contributed by atoms with Crippen LogP contribution in [-0.4, -0.2) is 39.4 Å². The van der Waals surface area contributed by atoms with Gasteiger partial charge in [0.05, 0.1) is 16.1 Å². The summed E-state index contributed by atoms with van der Waals surface area (Å²) in [5.74, 6) is -2.94. The van der Waals surface area contributed by atoms with Crippen molar-refractivity contribution in [2.75, 3.05) is 17.5 Å². The number of fused-ring (bicyclic) bond motifs is 1. The summed E-state index contributed by atoms with van der Waals surface area (Å²) in [4.78, 5) is 36.2. The largest absolute Gasteiger partial charge is 0.452 e. The highest BCUT2D eigenvalue weighted by molar-refractivity contribution is 7.92. The molecule has 0 bridgehead atoms. The lowest BCUT2D eigenvalue weighted by Gasteiger charge is -2.19. The number of rotatable bonds is 6. The number of carbonyl (C=O) groups excluding carboxylic acids is 3. The Morgan fingerprint density at radius 1 is 0.914 bits per heavy atom. The average Bonchev–Trinajstić information content (AvgIpc) is 3.31. The second-order valence-corrected chi connectivity index (χ2v) is 9.43. The Morgan fingerprint density at radius 3 is 2.43 bits per heavy atom. The second kappa shape index (κ2) is 9.94. The molecule has 1 heterocycles. The summed E-state index contributed by atoms with van der Waals surface area (Å²) in [5.41, 5.74) is 5.76. The van der Waals surface area contributed by atoms with E-state index in [0.717, 1.165) is 17.7 Å². The number of hydrogen-bond acceptors (Lipinski definition) is 6. The maximum absolute atomic E-state index is 13.2. The van der Waals surface area contributed by atoms with E-state index in [2.05, 4.69) is 10.9 Å². The fraction of sp³-hybridized carbons (Fsp3) is 0.125. The third-order valence-electron chi connectivity index (χ3n) is 5.26. The number of benzene rings is 3. The number of nitrogens with zero attached hydrogens (tertiary/aromatic N) is 1. The van der Waals surface area contributed by atoms with Crippen LogP contribution in [0.25, 0.3) is 0 Å². The molecule has 3 aromatic rings. The summed E-state index contributed by atoms with van der Waals surface area (Å²) in [5, 5.41) is 0. The number of hydrazine groups is 1. The molecule has 0 saturated carbocycles. The molecular formula is C24H20FN3O6S. The molecule has 9 nitrogen and oxygen atoms in total. The Hall–Kier alpha value is -4.25. The van der Waals surface area contributed by atoms with Gasteiger partial charge in [-0.3, -0.25) is 24.7 Å². The van der Waals surface area contributed by atoms with E-state index in [1.54, 1.807) is 12.1 Å². The van der Waals surface area contributed by atoms with Crippen molar-refractivity contribution in [2.45, 2.75) is 11.3 Å². The zero-order valence-electron chi connectivity index (χ0n) is 18.2. The molecule has 1 aliphatic heterocycles. The number of hydrogen-bond donors (Lipinski definition) is 2. The van der Waals surface area contributed by atoms with Crippen molar-refractivity contribution >= 4 is 33.5 Å². The van der Waals surface area contributed by atoms with Gasteiger partial charge >= 0.3 is 5.97 Å². The molecule has 0 fully saturated rings. The first-order valence-electron chi connectivity index (χ1n) is 10.5. The van der Waals surface area contributed by atoms with Crippen molar-refractivity contribution in [3.05, 3.63) is 95.3 Å². The maximum atomic E-state index is 13.2. The zero-order chi connectivity index (χ0) is 25.0. The van der Waals surface area contributed by atoms with Crippen LogP contribution in [0.3, 0.4) is 0 Å². The molecule has 0 atom stereocenters. The summed E-state index contributed by atoms with van der Waals surface area (Å²) in [6.45, 7) is -0.431. The number of amides is 2. The molecule has 35 heavy (non-hydrogen) atoms. The van der Waals surface area contributed by atoms with Crippen LogP contribution in [0.4, 0.5) is 10.1 Å². The highest BCUT2D eigenvalue weighted by atomic mass is 32.2. The van der Waals surface area contributed by atoms with E-state index in [4.69, 9.17) is 4.74 Å². The third-order valence-corrected chi connectivity index (χ3v) is 7.07. The molecule has 2 N–H and O–H groups in total. The summed E-state index contributed by atoms with van der Waals surface area (Å²) in [7, 11) is -3.91. The number of para-hydroxylation sites is 1. The number of ether oxygens (including phenoxy) is 1. The summed E-state index contributed by atoms with van der Waals surface area (Å²) >= 11 is 0. The smallest absolute Gasteiger partial charge is 0.338 e. The summed E-state index contributed by atoms with van der Waals surface area (Å²) in [6.07, 6.45) is 0.587. The second-order valence-electron chi connectivity index (χ2n) is 7.57. The first-order valence-corrected chi connectivity index (χ1v) is 11.9. The summed E-state index contributed by atoms with van der Waals surface area (Å²) < 4.78 is 45.5. The van der Waals surface area contributed by atoms with Gasteiger partial charge in [-0.1, -0.05) is 24.3 Å². The molecule has 0 spiro atoms. The van der Waals surface area contributed by atoms with Gasteiger partial charge in [0.15, 0.2) is 6.61 Å². The van der Waals surface area contributed by atoms with Crippen molar-refractivity contribution < 1.29 is 31.9 Å². The van der Waals surface area contributed by atoms with E-state index in [0.29, 0.717) is 18.7 Å². The average molecular weight is 498 g/mol. The predicted octanol–water partition coefficient (Wildman–Crippen LogP) is 2.20. The minimum absolute atomic E-state index is 0.0540. The molecule has 0 radical (unpaired) electrons. The van der Waals surface area contributed by atoms with Gasteiger partial charge in [0.25, 0.3) is 21.8 Å². The Kier molecular flexibility index (Phi) is 6.78. The molecule has 0 aliphatic carbocycles. The van der Waals surface area contributed by atoms with Gasteiger partial charge in [0.2, 0.25) is 0 Å². The topological polar surface area (TPSA) is 122 Å².